The lowest BCUT2D eigenvalue weighted by atomic mass is 10.2. The second-order valence-corrected chi connectivity index (χ2v) is 8.48. The van der Waals surface area contributed by atoms with E-state index in [1.54, 1.807) is 23.1 Å². The highest BCUT2D eigenvalue weighted by Gasteiger charge is 2.14. The van der Waals surface area contributed by atoms with E-state index in [0.29, 0.717) is 17.2 Å². The first-order valence-corrected chi connectivity index (χ1v) is 10.6. The lowest BCUT2D eigenvalue weighted by molar-refractivity contribution is 0.394. The van der Waals surface area contributed by atoms with Crippen LogP contribution in [0.15, 0.2) is 18.2 Å². The zero-order valence-electron chi connectivity index (χ0n) is 14.1. The van der Waals surface area contributed by atoms with Crippen LogP contribution < -0.4 is 14.4 Å². The average Bonchev–Trinajstić information content (AvgIpc) is 2.50. The Balaban J connectivity index is 2.95. The molecule has 1 rings (SSSR count). The van der Waals surface area contributed by atoms with Crippen LogP contribution in [0, 0.1) is 0 Å². The summed E-state index contributed by atoms with van der Waals surface area (Å²) < 4.78 is 71.6. The molecule has 2 N–H and O–H groups in total. The molecule has 0 fully saturated rings. The van der Waals surface area contributed by atoms with Crippen LogP contribution in [-0.4, -0.2) is 64.8 Å². The number of methoxy groups -OCH3 is 2. The van der Waals surface area contributed by atoms with Gasteiger partial charge in [0.25, 0.3) is 20.2 Å². The molecule has 0 aromatic heterocycles. The summed E-state index contributed by atoms with van der Waals surface area (Å²) in [4.78, 5) is 1.74. The molecule has 9 nitrogen and oxygen atoms in total. The molecule has 0 radical (unpaired) electrons. The molecule has 0 saturated carbocycles. The predicted molar refractivity (Wildman–Crippen MR) is 93.8 cm³/mol. The monoisotopic (exact) mass is 397 g/mol. The van der Waals surface area contributed by atoms with Crippen LogP contribution in [0.25, 0.3) is 0 Å². The third kappa shape index (κ3) is 8.91. The van der Waals surface area contributed by atoms with Gasteiger partial charge in [0.15, 0.2) is 0 Å². The van der Waals surface area contributed by atoms with Crippen molar-refractivity contribution in [3.8, 4) is 11.5 Å². The largest absolute Gasteiger partial charge is 0.497 e. The van der Waals surface area contributed by atoms with Gasteiger partial charge in [-0.25, -0.2) is 0 Å². The van der Waals surface area contributed by atoms with Gasteiger partial charge >= 0.3 is 0 Å². The van der Waals surface area contributed by atoms with E-state index >= 15 is 0 Å². The smallest absolute Gasteiger partial charge is 0.264 e. The summed E-state index contributed by atoms with van der Waals surface area (Å²) >= 11 is 0. The quantitative estimate of drug-likeness (QED) is 0.526. The highest BCUT2D eigenvalue weighted by molar-refractivity contribution is 7.86. The number of benzene rings is 1. The number of hydrogen-bond donors (Lipinski definition) is 2. The van der Waals surface area contributed by atoms with E-state index in [2.05, 4.69) is 0 Å². The molecular formula is C14H23NO8S2. The highest BCUT2D eigenvalue weighted by atomic mass is 32.2. The van der Waals surface area contributed by atoms with E-state index in [-0.39, 0.29) is 25.9 Å². The van der Waals surface area contributed by atoms with Gasteiger partial charge in [-0.05, 0) is 12.8 Å². The minimum absolute atomic E-state index is 0.143. The summed E-state index contributed by atoms with van der Waals surface area (Å²) in [5.74, 6) is 0.207. The summed E-state index contributed by atoms with van der Waals surface area (Å²) in [5, 5.41) is 0. The van der Waals surface area contributed by atoms with E-state index in [4.69, 9.17) is 18.6 Å². The van der Waals surface area contributed by atoms with Crippen molar-refractivity contribution in [2.24, 2.45) is 0 Å². The molecule has 0 amide bonds. The number of hydrogen-bond acceptors (Lipinski definition) is 7. The normalized spacial score (nSPS) is 12.0. The van der Waals surface area contributed by atoms with Crippen LogP contribution in [0.1, 0.15) is 12.8 Å². The van der Waals surface area contributed by atoms with Crippen molar-refractivity contribution in [1.29, 1.82) is 0 Å². The zero-order chi connectivity index (χ0) is 19.1. The third-order valence-electron chi connectivity index (χ3n) is 3.36. The molecule has 1 aromatic rings. The molecule has 0 bridgehead atoms. The van der Waals surface area contributed by atoms with Gasteiger partial charge < -0.3 is 14.4 Å². The van der Waals surface area contributed by atoms with Gasteiger partial charge in [-0.3, -0.25) is 9.11 Å². The van der Waals surface area contributed by atoms with Crippen molar-refractivity contribution in [1.82, 2.24) is 0 Å². The Labute approximate surface area is 148 Å². The molecule has 0 unspecified atom stereocenters. The standard InChI is InChI=1S/C14H23NO8S2/c1-22-13-9-12(10-14(11-13)23-2)15(5-3-7-24(16,17)18)6-4-8-25(19,20)21/h9-11H,3-8H2,1-2H3,(H,16,17,18)(H,19,20,21). The molecule has 0 heterocycles. The van der Waals surface area contributed by atoms with Crippen molar-refractivity contribution in [3.05, 3.63) is 18.2 Å². The van der Waals surface area contributed by atoms with Gasteiger partial charge in [0.05, 0.1) is 25.7 Å². The van der Waals surface area contributed by atoms with Crippen molar-refractivity contribution in [2.75, 3.05) is 43.7 Å². The van der Waals surface area contributed by atoms with Crippen molar-refractivity contribution in [3.63, 3.8) is 0 Å². The fourth-order valence-electron chi connectivity index (χ4n) is 2.22. The van der Waals surface area contributed by atoms with Crippen LogP contribution >= 0.6 is 0 Å². The molecule has 0 atom stereocenters. The van der Waals surface area contributed by atoms with Crippen LogP contribution in [0.3, 0.4) is 0 Å². The molecule has 0 aliphatic rings. The van der Waals surface area contributed by atoms with Gasteiger partial charge in [0.1, 0.15) is 11.5 Å². The lowest BCUT2D eigenvalue weighted by Crippen LogP contribution is -2.28. The topological polar surface area (TPSA) is 130 Å². The molecule has 25 heavy (non-hydrogen) atoms. The van der Waals surface area contributed by atoms with Gasteiger partial charge in [0.2, 0.25) is 0 Å². The maximum absolute atomic E-state index is 10.9. The van der Waals surface area contributed by atoms with Crippen LogP contribution in [0.4, 0.5) is 5.69 Å². The average molecular weight is 397 g/mol. The van der Waals surface area contributed by atoms with E-state index in [0.717, 1.165) is 0 Å². The van der Waals surface area contributed by atoms with Gasteiger partial charge in [-0.15, -0.1) is 0 Å². The molecule has 0 spiro atoms. The first-order valence-electron chi connectivity index (χ1n) is 7.42. The van der Waals surface area contributed by atoms with Crippen molar-refractivity contribution >= 4 is 25.9 Å². The zero-order valence-corrected chi connectivity index (χ0v) is 15.7. The molecule has 0 saturated heterocycles. The fourth-order valence-corrected chi connectivity index (χ4v) is 3.21. The second kappa shape index (κ2) is 9.22. The summed E-state index contributed by atoms with van der Waals surface area (Å²) in [5.41, 5.74) is 0.641. The van der Waals surface area contributed by atoms with Gasteiger partial charge in [0, 0.05) is 37.0 Å². The van der Waals surface area contributed by atoms with E-state index in [1.807, 2.05) is 0 Å². The third-order valence-corrected chi connectivity index (χ3v) is 4.97. The van der Waals surface area contributed by atoms with Crippen LogP contribution in [0.5, 0.6) is 11.5 Å². The van der Waals surface area contributed by atoms with E-state index in [9.17, 15) is 16.8 Å². The molecule has 144 valence electrons. The van der Waals surface area contributed by atoms with E-state index < -0.39 is 31.7 Å². The minimum atomic E-state index is -4.08. The molecular weight excluding hydrogens is 374 g/mol. The van der Waals surface area contributed by atoms with Crippen LogP contribution in [0.2, 0.25) is 0 Å². The SMILES string of the molecule is COc1cc(OC)cc(N(CCCS(=O)(=O)O)CCCS(=O)(=O)O)c1. The molecule has 1 aromatic carbocycles. The van der Waals surface area contributed by atoms with Crippen LogP contribution in [-0.2, 0) is 20.2 Å². The van der Waals surface area contributed by atoms with Gasteiger partial charge in [-0.1, -0.05) is 0 Å². The van der Waals surface area contributed by atoms with Gasteiger partial charge in [-0.2, -0.15) is 16.8 Å². The molecule has 0 aliphatic carbocycles. The number of ether oxygens (including phenoxy) is 2. The summed E-state index contributed by atoms with van der Waals surface area (Å²) in [6, 6.07) is 5.06. The Morgan fingerprint density at radius 3 is 1.56 bits per heavy atom. The Kier molecular flexibility index (Phi) is 7.93. The summed E-state index contributed by atoms with van der Waals surface area (Å²) in [6.07, 6.45) is 0.286. The Morgan fingerprint density at radius 1 is 0.840 bits per heavy atom. The number of nitrogens with zero attached hydrogens (tertiary/aromatic N) is 1. The Hall–Kier alpha value is -1.56. The molecule has 11 heteroatoms. The first-order chi connectivity index (χ1) is 11.5. The lowest BCUT2D eigenvalue weighted by Gasteiger charge is -2.25. The molecule has 0 aliphatic heterocycles. The predicted octanol–water partition coefficient (Wildman–Crippen LogP) is 1.07. The summed E-state index contributed by atoms with van der Waals surface area (Å²) in [7, 11) is -5.20. The first kappa shape index (κ1) is 21.5. The minimum Gasteiger partial charge on any atom is -0.497 e. The maximum atomic E-state index is 10.9. The van der Waals surface area contributed by atoms with Crippen molar-refractivity contribution in [2.45, 2.75) is 12.8 Å². The number of anilines is 1. The van der Waals surface area contributed by atoms with E-state index in [1.165, 1.54) is 14.2 Å². The second-order valence-electron chi connectivity index (χ2n) is 5.34. The fraction of sp³-hybridized carbons (Fsp3) is 0.571. The maximum Gasteiger partial charge on any atom is 0.264 e. The summed E-state index contributed by atoms with van der Waals surface area (Å²) in [6.45, 7) is 0.503. The highest BCUT2D eigenvalue weighted by Crippen LogP contribution is 2.28. The Bertz CT molecular complexity index is 701. The van der Waals surface area contributed by atoms with Crippen molar-refractivity contribution < 1.29 is 35.4 Å². The number of rotatable bonds is 11. The Morgan fingerprint density at radius 2 is 1.24 bits per heavy atom.